The molecule has 0 unspecified atom stereocenters. The van der Waals surface area contributed by atoms with Gasteiger partial charge >= 0.3 is 18.4 Å². The molecule has 0 radical (unpaired) electrons. The van der Waals surface area contributed by atoms with Gasteiger partial charge in [-0.1, -0.05) is 12.1 Å². The number of carbonyl (C=O) groups excluding carboxylic acids is 2. The fraction of sp³-hybridized carbons (Fsp3) is 0.391. The van der Waals surface area contributed by atoms with Crippen LogP contribution in [0, 0.1) is 5.92 Å². The second-order valence-corrected chi connectivity index (χ2v) is 7.78. The van der Waals surface area contributed by atoms with Crippen molar-refractivity contribution in [3.63, 3.8) is 0 Å². The number of methoxy groups -OCH3 is 1. The summed E-state index contributed by atoms with van der Waals surface area (Å²) in [6.07, 6.45) is -0.224. The highest BCUT2D eigenvalue weighted by Crippen LogP contribution is 2.28. The predicted octanol–water partition coefficient (Wildman–Crippen LogP) is 5.29. The Bertz CT molecular complexity index is 906. The lowest BCUT2D eigenvalue weighted by molar-refractivity contribution is -0.274. The molecule has 0 heterocycles. The Morgan fingerprint density at radius 1 is 0.969 bits per heavy atom. The lowest BCUT2D eigenvalue weighted by Crippen LogP contribution is -2.40. The van der Waals surface area contributed by atoms with Crippen molar-refractivity contribution in [2.45, 2.75) is 44.5 Å². The van der Waals surface area contributed by atoms with Crippen molar-refractivity contribution in [2.75, 3.05) is 12.4 Å². The topological polar surface area (TPSA) is 76.7 Å². The highest BCUT2D eigenvalue weighted by atomic mass is 19.4. The summed E-state index contributed by atoms with van der Waals surface area (Å²) in [5.41, 5.74) is 2.06. The predicted molar refractivity (Wildman–Crippen MR) is 113 cm³/mol. The van der Waals surface area contributed by atoms with E-state index < -0.39 is 12.4 Å². The number of alkyl halides is 3. The number of amides is 2. The monoisotopic (exact) mass is 450 g/mol. The number of benzene rings is 2. The number of esters is 1. The van der Waals surface area contributed by atoms with Crippen LogP contribution in [0.4, 0.5) is 23.7 Å². The Balaban J connectivity index is 1.40. The molecule has 0 atom stereocenters. The third kappa shape index (κ3) is 7.18. The van der Waals surface area contributed by atoms with Gasteiger partial charge in [0.25, 0.3) is 0 Å². The van der Waals surface area contributed by atoms with Crippen LogP contribution in [0.1, 0.15) is 41.6 Å². The first-order valence-electron chi connectivity index (χ1n) is 10.3. The van der Waals surface area contributed by atoms with E-state index in [1.54, 1.807) is 12.1 Å². The number of rotatable bonds is 6. The molecule has 0 bridgehead atoms. The summed E-state index contributed by atoms with van der Waals surface area (Å²) in [6, 6.07) is 12.0. The normalized spacial score (nSPS) is 18.5. The number of nitrogens with one attached hydrogen (secondary N) is 2. The molecule has 9 heteroatoms. The summed E-state index contributed by atoms with van der Waals surface area (Å²) in [6.45, 7) is 0. The molecule has 0 saturated heterocycles. The van der Waals surface area contributed by atoms with Gasteiger partial charge in [-0.3, -0.25) is 0 Å². The van der Waals surface area contributed by atoms with Crippen LogP contribution in [0.3, 0.4) is 0 Å². The molecular formula is C23H25F3N2O4. The van der Waals surface area contributed by atoms with Gasteiger partial charge in [-0.15, -0.1) is 13.2 Å². The van der Waals surface area contributed by atoms with E-state index in [0.717, 1.165) is 49.8 Å². The van der Waals surface area contributed by atoms with E-state index in [4.69, 9.17) is 4.74 Å². The zero-order chi connectivity index (χ0) is 23.1. The lowest BCUT2D eigenvalue weighted by atomic mass is 9.82. The first-order chi connectivity index (χ1) is 15.2. The molecule has 2 amide bonds. The van der Waals surface area contributed by atoms with Crippen molar-refractivity contribution in [2.24, 2.45) is 5.92 Å². The SMILES string of the molecule is COC(=O)c1ccc(CC2CCC(NC(=O)Nc3ccc(OC(F)(F)F)cc3)CC2)cc1. The zero-order valence-corrected chi connectivity index (χ0v) is 17.6. The first kappa shape index (κ1) is 23.4. The summed E-state index contributed by atoms with van der Waals surface area (Å²) in [5, 5.41) is 5.54. The summed E-state index contributed by atoms with van der Waals surface area (Å²) in [7, 11) is 1.35. The first-order valence-corrected chi connectivity index (χ1v) is 10.3. The Morgan fingerprint density at radius 3 is 2.16 bits per heavy atom. The summed E-state index contributed by atoms with van der Waals surface area (Å²) in [5.74, 6) is -0.199. The molecule has 0 spiro atoms. The molecule has 0 aromatic heterocycles. The van der Waals surface area contributed by atoms with Gasteiger partial charge in [0.1, 0.15) is 5.75 Å². The van der Waals surface area contributed by atoms with E-state index in [0.29, 0.717) is 17.2 Å². The molecule has 2 N–H and O–H groups in total. The standard InChI is InChI=1S/C23H25F3N2O4/c1-31-21(29)17-6-2-15(3-7-17)14-16-4-8-18(9-5-16)27-22(30)28-19-10-12-20(13-11-19)32-23(24,25)26/h2-3,6-7,10-13,16,18H,4-5,8-9,14H2,1H3,(H2,27,28,30). The average molecular weight is 450 g/mol. The summed E-state index contributed by atoms with van der Waals surface area (Å²) in [4.78, 5) is 23.7. The number of urea groups is 1. The van der Waals surface area contributed by atoms with Crippen LogP contribution in [0.2, 0.25) is 0 Å². The molecule has 172 valence electrons. The minimum absolute atomic E-state index is 0.0424. The maximum absolute atomic E-state index is 12.2. The van der Waals surface area contributed by atoms with Crippen LogP contribution in [-0.2, 0) is 11.2 Å². The van der Waals surface area contributed by atoms with Crippen molar-refractivity contribution >= 4 is 17.7 Å². The maximum atomic E-state index is 12.2. The zero-order valence-electron chi connectivity index (χ0n) is 17.6. The molecule has 1 aliphatic carbocycles. The molecule has 1 aliphatic rings. The minimum Gasteiger partial charge on any atom is -0.465 e. The maximum Gasteiger partial charge on any atom is 0.573 e. The number of hydrogen-bond acceptors (Lipinski definition) is 4. The molecule has 6 nitrogen and oxygen atoms in total. The van der Waals surface area contributed by atoms with Crippen molar-refractivity contribution in [3.05, 3.63) is 59.7 Å². The van der Waals surface area contributed by atoms with Crippen molar-refractivity contribution in [1.82, 2.24) is 5.32 Å². The van der Waals surface area contributed by atoms with Crippen molar-refractivity contribution in [3.8, 4) is 5.75 Å². The smallest absolute Gasteiger partial charge is 0.465 e. The van der Waals surface area contributed by atoms with Gasteiger partial charge in [0.15, 0.2) is 0 Å². The second kappa shape index (κ2) is 10.4. The third-order valence-electron chi connectivity index (χ3n) is 5.43. The molecule has 2 aromatic rings. The summed E-state index contributed by atoms with van der Waals surface area (Å²) < 4.78 is 45.1. The Hall–Kier alpha value is -3.23. The van der Waals surface area contributed by atoms with E-state index in [2.05, 4.69) is 15.4 Å². The van der Waals surface area contributed by atoms with E-state index in [9.17, 15) is 22.8 Å². The van der Waals surface area contributed by atoms with Gasteiger partial charge < -0.3 is 20.1 Å². The second-order valence-electron chi connectivity index (χ2n) is 7.78. The number of carbonyl (C=O) groups is 2. The number of ether oxygens (including phenoxy) is 2. The lowest BCUT2D eigenvalue weighted by Gasteiger charge is -2.29. The number of anilines is 1. The third-order valence-corrected chi connectivity index (χ3v) is 5.43. The van der Waals surface area contributed by atoms with E-state index in [1.807, 2.05) is 12.1 Å². The van der Waals surface area contributed by atoms with Crippen molar-refractivity contribution < 1.29 is 32.2 Å². The van der Waals surface area contributed by atoms with Crippen molar-refractivity contribution in [1.29, 1.82) is 0 Å². The molecule has 3 rings (SSSR count). The van der Waals surface area contributed by atoms with E-state index in [-0.39, 0.29) is 17.8 Å². The highest BCUT2D eigenvalue weighted by Gasteiger charge is 2.31. The van der Waals surface area contributed by atoms with Crippen LogP contribution in [0.5, 0.6) is 5.75 Å². The Morgan fingerprint density at radius 2 is 1.59 bits per heavy atom. The van der Waals surface area contributed by atoms with Crippen LogP contribution in [0.15, 0.2) is 48.5 Å². The molecule has 1 fully saturated rings. The van der Waals surface area contributed by atoms with Gasteiger partial charge in [-0.25, -0.2) is 9.59 Å². The van der Waals surface area contributed by atoms with Crippen LogP contribution >= 0.6 is 0 Å². The Kier molecular flexibility index (Phi) is 7.61. The molecule has 32 heavy (non-hydrogen) atoms. The summed E-state index contributed by atoms with van der Waals surface area (Å²) >= 11 is 0. The van der Waals surface area contributed by atoms with E-state index >= 15 is 0 Å². The Labute approximate surface area is 184 Å². The number of hydrogen-bond donors (Lipinski definition) is 2. The van der Waals surface area contributed by atoms with Crippen LogP contribution in [0.25, 0.3) is 0 Å². The van der Waals surface area contributed by atoms with Gasteiger partial charge in [-0.05, 0) is 80.0 Å². The fourth-order valence-corrected chi connectivity index (χ4v) is 3.83. The van der Waals surface area contributed by atoms with Gasteiger partial charge in [-0.2, -0.15) is 0 Å². The molecule has 1 saturated carbocycles. The number of halogens is 3. The van der Waals surface area contributed by atoms with Gasteiger partial charge in [0.05, 0.1) is 12.7 Å². The quantitative estimate of drug-likeness (QED) is 0.586. The highest BCUT2D eigenvalue weighted by molar-refractivity contribution is 5.89. The average Bonchev–Trinajstić information content (AvgIpc) is 2.75. The van der Waals surface area contributed by atoms with Crippen LogP contribution in [-0.4, -0.2) is 31.5 Å². The fourth-order valence-electron chi connectivity index (χ4n) is 3.83. The molecular weight excluding hydrogens is 425 g/mol. The molecule has 2 aromatic carbocycles. The van der Waals surface area contributed by atoms with Crippen LogP contribution < -0.4 is 15.4 Å². The minimum atomic E-state index is -4.75. The van der Waals surface area contributed by atoms with Gasteiger partial charge in [0.2, 0.25) is 0 Å². The van der Waals surface area contributed by atoms with Gasteiger partial charge in [0, 0.05) is 11.7 Å². The molecule has 0 aliphatic heterocycles. The largest absolute Gasteiger partial charge is 0.573 e. The van der Waals surface area contributed by atoms with E-state index in [1.165, 1.54) is 19.2 Å².